The molecule has 0 bridgehead atoms. The molecule has 1 fully saturated rings. The van der Waals surface area contributed by atoms with Crippen molar-refractivity contribution < 1.29 is 14.3 Å². The summed E-state index contributed by atoms with van der Waals surface area (Å²) < 4.78 is 11.3. The number of aryl methyl sites for hydroxylation is 1. The van der Waals surface area contributed by atoms with E-state index in [1.807, 2.05) is 47.4 Å². The molecule has 1 aliphatic heterocycles. The van der Waals surface area contributed by atoms with Crippen molar-refractivity contribution >= 4 is 5.91 Å². The molecule has 1 heterocycles. The van der Waals surface area contributed by atoms with Crippen molar-refractivity contribution in [2.45, 2.75) is 6.92 Å². The summed E-state index contributed by atoms with van der Waals surface area (Å²) in [4.78, 5) is 16.5. The molecule has 3 rings (SSSR count). The van der Waals surface area contributed by atoms with Gasteiger partial charge in [-0.3, -0.25) is 9.69 Å². The number of piperazine rings is 1. The lowest BCUT2D eigenvalue weighted by molar-refractivity contribution is -0.135. The number of nitrogens with zero attached hydrogens (tertiary/aromatic N) is 2. The Labute approximate surface area is 155 Å². The minimum atomic E-state index is 0.0457. The summed E-state index contributed by atoms with van der Waals surface area (Å²) in [5.74, 6) is 1.68. The largest absolute Gasteiger partial charge is 0.492 e. The van der Waals surface area contributed by atoms with E-state index in [0.29, 0.717) is 6.61 Å². The van der Waals surface area contributed by atoms with Crippen LogP contribution in [0.1, 0.15) is 5.56 Å². The Bertz CT molecular complexity index is 680. The van der Waals surface area contributed by atoms with E-state index in [-0.39, 0.29) is 12.5 Å². The first-order chi connectivity index (χ1) is 12.7. The fraction of sp³-hybridized carbons (Fsp3) is 0.381. The van der Waals surface area contributed by atoms with Crippen molar-refractivity contribution in [1.82, 2.24) is 9.80 Å². The monoisotopic (exact) mass is 354 g/mol. The predicted octanol–water partition coefficient (Wildman–Crippen LogP) is 2.60. The van der Waals surface area contributed by atoms with Gasteiger partial charge in [-0.2, -0.15) is 0 Å². The smallest absolute Gasteiger partial charge is 0.260 e. The van der Waals surface area contributed by atoms with Crippen molar-refractivity contribution in [3.05, 3.63) is 60.2 Å². The third kappa shape index (κ3) is 5.49. The molecule has 0 aliphatic carbocycles. The number of rotatable bonds is 7. The molecule has 138 valence electrons. The summed E-state index contributed by atoms with van der Waals surface area (Å²) in [5.41, 5.74) is 1.23. The minimum Gasteiger partial charge on any atom is -0.492 e. The molecule has 5 heteroatoms. The highest BCUT2D eigenvalue weighted by molar-refractivity contribution is 5.77. The SMILES string of the molecule is Cc1ccc(OCCN2CCN(C(=O)COc3ccccc3)CC2)cc1. The van der Waals surface area contributed by atoms with Crippen molar-refractivity contribution in [2.75, 3.05) is 45.9 Å². The average molecular weight is 354 g/mol. The Morgan fingerprint density at radius 2 is 1.54 bits per heavy atom. The molecule has 1 aliphatic rings. The number of benzene rings is 2. The van der Waals surface area contributed by atoms with Crippen LogP contribution in [0, 0.1) is 6.92 Å². The number of carbonyl (C=O) groups excluding carboxylic acids is 1. The zero-order valence-electron chi connectivity index (χ0n) is 15.3. The molecule has 0 aromatic heterocycles. The Morgan fingerprint density at radius 1 is 0.885 bits per heavy atom. The molecule has 0 spiro atoms. The van der Waals surface area contributed by atoms with E-state index in [4.69, 9.17) is 9.47 Å². The number of carbonyl (C=O) groups is 1. The Hall–Kier alpha value is -2.53. The first-order valence-electron chi connectivity index (χ1n) is 9.08. The minimum absolute atomic E-state index is 0.0457. The first-order valence-corrected chi connectivity index (χ1v) is 9.08. The Balaban J connectivity index is 1.33. The summed E-state index contributed by atoms with van der Waals surface area (Å²) in [7, 11) is 0. The Kier molecular flexibility index (Phi) is 6.50. The van der Waals surface area contributed by atoms with E-state index >= 15 is 0 Å². The van der Waals surface area contributed by atoms with Crippen LogP contribution in [0.25, 0.3) is 0 Å². The second-order valence-electron chi connectivity index (χ2n) is 6.49. The molecule has 1 saturated heterocycles. The predicted molar refractivity (Wildman–Crippen MR) is 102 cm³/mol. The number of para-hydroxylation sites is 1. The molecule has 26 heavy (non-hydrogen) atoms. The molecule has 0 radical (unpaired) electrons. The zero-order valence-corrected chi connectivity index (χ0v) is 15.3. The maximum absolute atomic E-state index is 12.3. The second kappa shape index (κ2) is 9.25. The fourth-order valence-electron chi connectivity index (χ4n) is 2.90. The Morgan fingerprint density at radius 3 is 2.23 bits per heavy atom. The van der Waals surface area contributed by atoms with Crippen LogP contribution in [-0.4, -0.2) is 61.6 Å². The lowest BCUT2D eigenvalue weighted by Gasteiger charge is -2.34. The maximum atomic E-state index is 12.3. The van der Waals surface area contributed by atoms with Gasteiger partial charge in [0, 0.05) is 32.7 Å². The third-order valence-electron chi connectivity index (χ3n) is 4.53. The quantitative estimate of drug-likeness (QED) is 0.766. The van der Waals surface area contributed by atoms with Crippen LogP contribution in [0.5, 0.6) is 11.5 Å². The van der Waals surface area contributed by atoms with E-state index in [1.165, 1.54) is 5.56 Å². The van der Waals surface area contributed by atoms with Gasteiger partial charge in [-0.25, -0.2) is 0 Å². The van der Waals surface area contributed by atoms with Crippen molar-refractivity contribution in [1.29, 1.82) is 0 Å². The van der Waals surface area contributed by atoms with Gasteiger partial charge in [0.1, 0.15) is 18.1 Å². The van der Waals surface area contributed by atoms with Crippen LogP contribution in [0.15, 0.2) is 54.6 Å². The van der Waals surface area contributed by atoms with Gasteiger partial charge < -0.3 is 14.4 Å². The maximum Gasteiger partial charge on any atom is 0.260 e. The van der Waals surface area contributed by atoms with E-state index in [1.54, 1.807) is 0 Å². The fourth-order valence-corrected chi connectivity index (χ4v) is 2.90. The first kappa shape index (κ1) is 18.3. The molecule has 5 nitrogen and oxygen atoms in total. The van der Waals surface area contributed by atoms with Crippen LogP contribution in [0.2, 0.25) is 0 Å². The van der Waals surface area contributed by atoms with Gasteiger partial charge in [0.2, 0.25) is 0 Å². The number of hydrogen-bond acceptors (Lipinski definition) is 4. The molecule has 2 aromatic carbocycles. The molecular formula is C21H26N2O3. The zero-order chi connectivity index (χ0) is 18.2. The van der Waals surface area contributed by atoms with Crippen LogP contribution in [-0.2, 0) is 4.79 Å². The van der Waals surface area contributed by atoms with E-state index < -0.39 is 0 Å². The second-order valence-corrected chi connectivity index (χ2v) is 6.49. The molecule has 0 atom stereocenters. The van der Waals surface area contributed by atoms with Gasteiger partial charge in [-0.05, 0) is 31.2 Å². The molecular weight excluding hydrogens is 328 g/mol. The summed E-state index contributed by atoms with van der Waals surface area (Å²) in [6.07, 6.45) is 0. The average Bonchev–Trinajstić information content (AvgIpc) is 2.69. The standard InChI is InChI=1S/C21H26N2O3/c1-18-7-9-20(10-8-18)25-16-15-22-11-13-23(14-12-22)21(24)17-26-19-5-3-2-4-6-19/h2-10H,11-17H2,1H3. The van der Waals surface area contributed by atoms with Crippen molar-refractivity contribution in [3.63, 3.8) is 0 Å². The van der Waals surface area contributed by atoms with Crippen LogP contribution in [0.3, 0.4) is 0 Å². The van der Waals surface area contributed by atoms with Crippen molar-refractivity contribution in [2.24, 2.45) is 0 Å². The van der Waals surface area contributed by atoms with Gasteiger partial charge in [0.25, 0.3) is 5.91 Å². The normalized spacial score (nSPS) is 14.9. The molecule has 0 saturated carbocycles. The highest BCUT2D eigenvalue weighted by Crippen LogP contribution is 2.12. The van der Waals surface area contributed by atoms with Gasteiger partial charge in [-0.1, -0.05) is 35.9 Å². The van der Waals surface area contributed by atoms with Gasteiger partial charge >= 0.3 is 0 Å². The topological polar surface area (TPSA) is 42.0 Å². The summed E-state index contributed by atoms with van der Waals surface area (Å²) in [5, 5.41) is 0. The number of hydrogen-bond donors (Lipinski definition) is 0. The van der Waals surface area contributed by atoms with Crippen LogP contribution >= 0.6 is 0 Å². The molecule has 0 N–H and O–H groups in total. The third-order valence-corrected chi connectivity index (χ3v) is 4.53. The van der Waals surface area contributed by atoms with Gasteiger partial charge in [0.15, 0.2) is 6.61 Å². The van der Waals surface area contributed by atoms with Crippen LogP contribution in [0.4, 0.5) is 0 Å². The highest BCUT2D eigenvalue weighted by Gasteiger charge is 2.21. The summed E-state index contributed by atoms with van der Waals surface area (Å²) >= 11 is 0. The van der Waals surface area contributed by atoms with Gasteiger partial charge in [0.05, 0.1) is 0 Å². The van der Waals surface area contributed by atoms with E-state index in [9.17, 15) is 4.79 Å². The number of amides is 1. The lowest BCUT2D eigenvalue weighted by atomic mass is 10.2. The van der Waals surface area contributed by atoms with Crippen LogP contribution < -0.4 is 9.47 Å². The van der Waals surface area contributed by atoms with E-state index in [2.05, 4.69) is 24.0 Å². The van der Waals surface area contributed by atoms with Gasteiger partial charge in [-0.15, -0.1) is 0 Å². The summed E-state index contributed by atoms with van der Waals surface area (Å²) in [6, 6.07) is 17.6. The molecule has 2 aromatic rings. The number of ether oxygens (including phenoxy) is 2. The lowest BCUT2D eigenvalue weighted by Crippen LogP contribution is -2.50. The van der Waals surface area contributed by atoms with E-state index in [0.717, 1.165) is 44.2 Å². The highest BCUT2D eigenvalue weighted by atomic mass is 16.5. The summed E-state index contributed by atoms with van der Waals surface area (Å²) in [6.45, 7) is 6.91. The molecule has 1 amide bonds. The molecule has 0 unspecified atom stereocenters. The van der Waals surface area contributed by atoms with Crippen molar-refractivity contribution in [3.8, 4) is 11.5 Å².